The summed E-state index contributed by atoms with van der Waals surface area (Å²) in [7, 11) is 1.64. The third-order valence-corrected chi connectivity index (χ3v) is 8.16. The molecule has 3 aliphatic heterocycles. The van der Waals surface area contributed by atoms with Crippen molar-refractivity contribution in [3.8, 4) is 5.75 Å². The van der Waals surface area contributed by atoms with Gasteiger partial charge in [0.05, 0.1) is 18.7 Å². The van der Waals surface area contributed by atoms with Crippen molar-refractivity contribution in [2.75, 3.05) is 26.7 Å². The zero-order chi connectivity index (χ0) is 24.2. The Morgan fingerprint density at radius 1 is 1.26 bits per heavy atom. The lowest BCUT2D eigenvalue weighted by atomic mass is 9.96. The SMILES string of the molecule is COc1cccc(C2=CSC3C(=O)N=C(N4CCCC(C(=O)NCCC5=CCCCC5)C4)N=C23)c1. The van der Waals surface area contributed by atoms with E-state index in [1.165, 1.54) is 30.2 Å². The summed E-state index contributed by atoms with van der Waals surface area (Å²) in [5, 5.41) is 4.72. The smallest absolute Gasteiger partial charge is 0.268 e. The van der Waals surface area contributed by atoms with Crippen LogP contribution in [0.1, 0.15) is 50.5 Å². The predicted octanol–water partition coefficient (Wildman–Crippen LogP) is 4.21. The molecule has 3 heterocycles. The fourth-order valence-corrected chi connectivity index (χ4v) is 6.14. The van der Waals surface area contributed by atoms with Gasteiger partial charge in [-0.1, -0.05) is 23.8 Å². The standard InChI is InChI=1S/C27H32N4O3S/c1-34-21-11-5-9-19(15-21)22-17-35-24-23(22)29-27(30-26(24)33)31-14-6-10-20(16-31)25(32)28-13-12-18-7-3-2-4-8-18/h5,7,9,11,15,17,20,24H,2-4,6,8,10,12-14,16H2,1H3,(H,28,32). The van der Waals surface area contributed by atoms with Crippen LogP contribution in [0.15, 0.2) is 51.3 Å². The molecule has 184 valence electrons. The van der Waals surface area contributed by atoms with Crippen molar-refractivity contribution in [3.05, 3.63) is 46.9 Å². The number of thioether (sulfide) groups is 1. The third-order valence-electron chi connectivity index (χ3n) is 7.09. The minimum absolute atomic E-state index is 0.0905. The van der Waals surface area contributed by atoms with E-state index in [-0.39, 0.29) is 17.7 Å². The Morgan fingerprint density at radius 3 is 3.00 bits per heavy atom. The minimum atomic E-state index is -0.405. The molecule has 0 radical (unpaired) electrons. The zero-order valence-corrected chi connectivity index (χ0v) is 21.0. The van der Waals surface area contributed by atoms with E-state index >= 15 is 0 Å². The number of benzene rings is 1. The summed E-state index contributed by atoms with van der Waals surface area (Å²) in [6, 6.07) is 7.79. The number of carbonyl (C=O) groups is 2. The predicted molar refractivity (Wildman–Crippen MR) is 141 cm³/mol. The van der Waals surface area contributed by atoms with Gasteiger partial charge in [-0.25, -0.2) is 4.99 Å². The molecule has 2 amide bonds. The molecule has 1 saturated heterocycles. The number of aliphatic imine (C=N–C) groups is 2. The molecule has 1 aliphatic carbocycles. The molecular formula is C27H32N4O3S. The summed E-state index contributed by atoms with van der Waals surface area (Å²) in [5.74, 6) is 0.982. The van der Waals surface area contributed by atoms with Crippen LogP contribution in [0, 0.1) is 5.92 Å². The van der Waals surface area contributed by atoms with E-state index in [0.29, 0.717) is 19.0 Å². The number of hydrogen-bond donors (Lipinski definition) is 1. The van der Waals surface area contributed by atoms with Crippen LogP contribution < -0.4 is 10.1 Å². The Hall–Kier alpha value is -2.87. The number of carbonyl (C=O) groups excluding carboxylic acids is 2. The van der Waals surface area contributed by atoms with E-state index in [1.54, 1.807) is 7.11 Å². The van der Waals surface area contributed by atoms with Crippen molar-refractivity contribution >= 4 is 40.8 Å². The zero-order valence-electron chi connectivity index (χ0n) is 20.2. The highest BCUT2D eigenvalue weighted by Gasteiger charge is 2.38. The summed E-state index contributed by atoms with van der Waals surface area (Å²) in [6.45, 7) is 1.97. The largest absolute Gasteiger partial charge is 0.497 e. The number of amides is 2. The Balaban J connectivity index is 1.25. The van der Waals surface area contributed by atoms with E-state index in [2.05, 4.69) is 16.4 Å². The van der Waals surface area contributed by atoms with Gasteiger partial charge >= 0.3 is 0 Å². The average Bonchev–Trinajstić information content (AvgIpc) is 3.34. The van der Waals surface area contributed by atoms with E-state index in [1.807, 2.05) is 34.6 Å². The van der Waals surface area contributed by atoms with Gasteiger partial charge in [-0.05, 0) is 68.0 Å². The molecule has 2 atom stereocenters. The average molecular weight is 493 g/mol. The summed E-state index contributed by atoms with van der Waals surface area (Å²) in [6.07, 6.45) is 9.85. The summed E-state index contributed by atoms with van der Waals surface area (Å²) in [4.78, 5) is 36.9. The second-order valence-corrected chi connectivity index (χ2v) is 10.4. The maximum atomic E-state index is 12.9. The van der Waals surface area contributed by atoms with Gasteiger partial charge in [0.15, 0.2) is 0 Å². The molecular weight excluding hydrogens is 460 g/mol. The Kier molecular flexibility index (Phi) is 7.37. The number of fused-ring (bicyclic) bond motifs is 1. The van der Waals surface area contributed by atoms with E-state index in [0.717, 1.165) is 61.2 Å². The molecule has 5 rings (SSSR count). The van der Waals surface area contributed by atoms with Gasteiger partial charge in [-0.2, -0.15) is 4.99 Å². The second kappa shape index (κ2) is 10.8. The summed E-state index contributed by atoms with van der Waals surface area (Å²) in [5.41, 5.74) is 4.11. The van der Waals surface area contributed by atoms with Gasteiger partial charge in [0.25, 0.3) is 5.91 Å². The molecule has 8 heteroatoms. The fourth-order valence-electron chi connectivity index (χ4n) is 5.13. The van der Waals surface area contributed by atoms with Crippen LogP contribution in [0.3, 0.4) is 0 Å². The first kappa shape index (κ1) is 23.9. The van der Waals surface area contributed by atoms with Crippen molar-refractivity contribution in [2.24, 2.45) is 15.9 Å². The van der Waals surface area contributed by atoms with Crippen LogP contribution in [0.4, 0.5) is 0 Å². The molecule has 7 nitrogen and oxygen atoms in total. The highest BCUT2D eigenvalue weighted by molar-refractivity contribution is 8.05. The van der Waals surface area contributed by atoms with E-state index in [4.69, 9.17) is 9.73 Å². The van der Waals surface area contributed by atoms with E-state index < -0.39 is 5.25 Å². The lowest BCUT2D eigenvalue weighted by molar-refractivity contribution is -0.126. The van der Waals surface area contributed by atoms with Crippen LogP contribution in [0.25, 0.3) is 5.57 Å². The lowest BCUT2D eigenvalue weighted by Gasteiger charge is -2.34. The Bertz CT molecular complexity index is 1120. The molecule has 1 aromatic carbocycles. The fraction of sp³-hybridized carbons (Fsp3) is 0.481. The number of likely N-dealkylation sites (tertiary alicyclic amines) is 1. The molecule has 0 spiro atoms. The number of allylic oxidation sites excluding steroid dienone is 2. The van der Waals surface area contributed by atoms with Gasteiger partial charge in [0.1, 0.15) is 11.0 Å². The molecule has 4 aliphatic rings. The molecule has 1 N–H and O–H groups in total. The normalized spacial score (nSPS) is 24.1. The van der Waals surface area contributed by atoms with Crippen molar-refractivity contribution in [1.82, 2.24) is 10.2 Å². The molecule has 0 saturated carbocycles. The van der Waals surface area contributed by atoms with Crippen molar-refractivity contribution < 1.29 is 14.3 Å². The topological polar surface area (TPSA) is 83.4 Å². The first-order chi connectivity index (χ1) is 17.1. The van der Waals surface area contributed by atoms with Crippen LogP contribution >= 0.6 is 11.8 Å². The highest BCUT2D eigenvalue weighted by Crippen LogP contribution is 2.37. The number of methoxy groups -OCH3 is 1. The van der Waals surface area contributed by atoms with Gasteiger partial charge in [0, 0.05) is 25.2 Å². The third kappa shape index (κ3) is 5.37. The minimum Gasteiger partial charge on any atom is -0.497 e. The van der Waals surface area contributed by atoms with Crippen LogP contribution in [-0.4, -0.2) is 60.4 Å². The summed E-state index contributed by atoms with van der Waals surface area (Å²) >= 11 is 1.45. The molecule has 35 heavy (non-hydrogen) atoms. The molecule has 1 aromatic rings. The Morgan fingerprint density at radius 2 is 2.17 bits per heavy atom. The number of nitrogens with zero attached hydrogens (tertiary/aromatic N) is 3. The van der Waals surface area contributed by atoms with Crippen molar-refractivity contribution in [2.45, 2.75) is 50.2 Å². The quantitative estimate of drug-likeness (QED) is 0.602. The first-order valence-electron chi connectivity index (χ1n) is 12.5. The number of piperidine rings is 1. The van der Waals surface area contributed by atoms with Crippen LogP contribution in [-0.2, 0) is 9.59 Å². The van der Waals surface area contributed by atoms with Gasteiger partial charge in [0.2, 0.25) is 11.9 Å². The number of guanidine groups is 1. The summed E-state index contributed by atoms with van der Waals surface area (Å²) < 4.78 is 5.37. The number of hydrogen-bond acceptors (Lipinski definition) is 6. The number of rotatable bonds is 6. The first-order valence-corrected chi connectivity index (χ1v) is 13.5. The molecule has 0 bridgehead atoms. The Labute approximate surface area is 210 Å². The molecule has 0 aromatic heterocycles. The molecule has 1 fully saturated rings. The maximum absolute atomic E-state index is 12.9. The van der Waals surface area contributed by atoms with Crippen LogP contribution in [0.5, 0.6) is 5.75 Å². The van der Waals surface area contributed by atoms with E-state index in [9.17, 15) is 9.59 Å². The monoisotopic (exact) mass is 492 g/mol. The highest BCUT2D eigenvalue weighted by atomic mass is 32.2. The maximum Gasteiger partial charge on any atom is 0.268 e. The van der Waals surface area contributed by atoms with Gasteiger partial charge in [-0.3, -0.25) is 9.59 Å². The lowest BCUT2D eigenvalue weighted by Crippen LogP contribution is -2.47. The van der Waals surface area contributed by atoms with Crippen molar-refractivity contribution in [3.63, 3.8) is 0 Å². The van der Waals surface area contributed by atoms with Gasteiger partial charge < -0.3 is 15.0 Å². The van der Waals surface area contributed by atoms with Crippen molar-refractivity contribution in [1.29, 1.82) is 0 Å². The van der Waals surface area contributed by atoms with Gasteiger partial charge in [-0.15, -0.1) is 11.8 Å². The number of ether oxygens (including phenoxy) is 1. The number of nitrogens with one attached hydrogen (secondary N) is 1. The second-order valence-electron chi connectivity index (χ2n) is 9.46. The van der Waals surface area contributed by atoms with Crippen LogP contribution in [0.2, 0.25) is 0 Å². The molecule has 2 unspecified atom stereocenters.